The van der Waals surface area contributed by atoms with Crippen molar-refractivity contribution in [1.82, 2.24) is 10.2 Å². The van der Waals surface area contributed by atoms with Gasteiger partial charge >= 0.3 is 0 Å². The summed E-state index contributed by atoms with van der Waals surface area (Å²) in [7, 11) is 1.55. The highest BCUT2D eigenvalue weighted by molar-refractivity contribution is 5.84. The molecule has 2 amide bonds. The molecule has 3 atom stereocenters. The van der Waals surface area contributed by atoms with E-state index in [-0.39, 0.29) is 30.2 Å². The first-order valence-electron chi connectivity index (χ1n) is 6.17. The van der Waals surface area contributed by atoms with Crippen LogP contribution in [0, 0.1) is 17.2 Å². The molecule has 6 heteroatoms. The molecular weight excluding hydrogens is 232 g/mol. The first kappa shape index (κ1) is 14.5. The molecule has 0 aromatic rings. The summed E-state index contributed by atoms with van der Waals surface area (Å²) in [5.74, 6) is -0.600. The molecule has 0 saturated carbocycles. The lowest BCUT2D eigenvalue weighted by molar-refractivity contribution is -0.134. The standard InChI is InChI=1S/C12H20N4O2/c1-8(6-10(17)15-2)11(14)12(18)16-5-3-4-9(16)7-13/h8-9,11H,3-6,14H2,1-2H3,(H,15,17)/t8-,9?,11-/m0/s1. The van der Waals surface area contributed by atoms with E-state index in [4.69, 9.17) is 11.0 Å². The molecule has 0 aromatic carbocycles. The van der Waals surface area contributed by atoms with Crippen LogP contribution >= 0.6 is 0 Å². The molecule has 1 rings (SSSR count). The third kappa shape index (κ3) is 3.20. The summed E-state index contributed by atoms with van der Waals surface area (Å²) in [5, 5.41) is 11.4. The number of nitrogens with zero attached hydrogens (tertiary/aromatic N) is 2. The van der Waals surface area contributed by atoms with E-state index in [2.05, 4.69) is 11.4 Å². The number of amides is 2. The number of carbonyl (C=O) groups is 2. The molecule has 1 unspecified atom stereocenters. The topological polar surface area (TPSA) is 99.2 Å². The second-order valence-electron chi connectivity index (χ2n) is 4.70. The lowest BCUT2D eigenvalue weighted by Crippen LogP contribution is -2.49. The quantitative estimate of drug-likeness (QED) is 0.711. The van der Waals surface area contributed by atoms with E-state index in [0.29, 0.717) is 13.0 Å². The Morgan fingerprint density at radius 3 is 2.83 bits per heavy atom. The highest BCUT2D eigenvalue weighted by atomic mass is 16.2. The zero-order valence-electron chi connectivity index (χ0n) is 10.8. The van der Waals surface area contributed by atoms with Gasteiger partial charge in [-0.1, -0.05) is 6.92 Å². The average Bonchev–Trinajstić information content (AvgIpc) is 2.84. The summed E-state index contributed by atoms with van der Waals surface area (Å²) < 4.78 is 0. The van der Waals surface area contributed by atoms with Crippen LogP contribution in [0.5, 0.6) is 0 Å². The van der Waals surface area contributed by atoms with Crippen LogP contribution in [0.2, 0.25) is 0 Å². The van der Waals surface area contributed by atoms with E-state index in [1.54, 1.807) is 14.0 Å². The van der Waals surface area contributed by atoms with Crippen molar-refractivity contribution in [3.8, 4) is 6.07 Å². The first-order chi connectivity index (χ1) is 8.51. The predicted molar refractivity (Wildman–Crippen MR) is 66.2 cm³/mol. The summed E-state index contributed by atoms with van der Waals surface area (Å²) in [6.07, 6.45) is 1.76. The third-order valence-electron chi connectivity index (χ3n) is 3.37. The smallest absolute Gasteiger partial charge is 0.240 e. The summed E-state index contributed by atoms with van der Waals surface area (Å²) in [5.41, 5.74) is 5.88. The molecule has 18 heavy (non-hydrogen) atoms. The Morgan fingerprint density at radius 1 is 1.61 bits per heavy atom. The molecule has 6 nitrogen and oxygen atoms in total. The normalized spacial score (nSPS) is 22.1. The Kier molecular flexibility index (Phi) is 5.10. The summed E-state index contributed by atoms with van der Waals surface area (Å²) in [4.78, 5) is 24.9. The van der Waals surface area contributed by atoms with Gasteiger partial charge in [-0.2, -0.15) is 5.26 Å². The third-order valence-corrected chi connectivity index (χ3v) is 3.37. The van der Waals surface area contributed by atoms with Crippen LogP contribution in [-0.4, -0.2) is 42.4 Å². The maximum absolute atomic E-state index is 12.1. The Bertz CT molecular complexity index is 364. The van der Waals surface area contributed by atoms with E-state index in [1.807, 2.05) is 0 Å². The van der Waals surface area contributed by atoms with E-state index in [1.165, 1.54) is 4.90 Å². The van der Waals surface area contributed by atoms with Gasteiger partial charge in [0.05, 0.1) is 12.1 Å². The Morgan fingerprint density at radius 2 is 2.28 bits per heavy atom. The highest BCUT2D eigenvalue weighted by Gasteiger charge is 2.34. The number of likely N-dealkylation sites (tertiary alicyclic amines) is 1. The second kappa shape index (κ2) is 6.36. The number of hydrogen-bond donors (Lipinski definition) is 2. The monoisotopic (exact) mass is 252 g/mol. The van der Waals surface area contributed by atoms with Gasteiger partial charge in [0.1, 0.15) is 6.04 Å². The van der Waals surface area contributed by atoms with Crippen molar-refractivity contribution in [2.45, 2.75) is 38.3 Å². The molecule has 3 N–H and O–H groups in total. The molecule has 0 bridgehead atoms. The number of nitrogens with two attached hydrogens (primary N) is 1. The lowest BCUT2D eigenvalue weighted by Gasteiger charge is -2.26. The van der Waals surface area contributed by atoms with Gasteiger partial charge in [0.25, 0.3) is 0 Å². The van der Waals surface area contributed by atoms with Gasteiger partial charge in [-0.15, -0.1) is 0 Å². The van der Waals surface area contributed by atoms with Crippen molar-refractivity contribution in [2.24, 2.45) is 11.7 Å². The zero-order valence-corrected chi connectivity index (χ0v) is 10.8. The Hall–Kier alpha value is -1.61. The molecule has 0 spiro atoms. The molecule has 1 saturated heterocycles. The maximum atomic E-state index is 12.1. The van der Waals surface area contributed by atoms with Gasteiger partial charge in [0.15, 0.2) is 0 Å². The Labute approximate surface area is 107 Å². The van der Waals surface area contributed by atoms with E-state index in [0.717, 1.165) is 6.42 Å². The van der Waals surface area contributed by atoms with Gasteiger partial charge < -0.3 is 16.0 Å². The van der Waals surface area contributed by atoms with Crippen LogP contribution < -0.4 is 11.1 Å². The second-order valence-corrected chi connectivity index (χ2v) is 4.70. The molecule has 1 fully saturated rings. The van der Waals surface area contributed by atoms with Gasteiger partial charge in [-0.25, -0.2) is 0 Å². The fourth-order valence-electron chi connectivity index (χ4n) is 2.12. The van der Waals surface area contributed by atoms with E-state index < -0.39 is 6.04 Å². The van der Waals surface area contributed by atoms with Crippen molar-refractivity contribution in [3.63, 3.8) is 0 Å². The number of nitriles is 1. The van der Waals surface area contributed by atoms with Crippen LogP contribution in [0.15, 0.2) is 0 Å². The molecule has 100 valence electrons. The van der Waals surface area contributed by atoms with Crippen molar-refractivity contribution < 1.29 is 9.59 Å². The molecule has 1 aliphatic heterocycles. The first-order valence-corrected chi connectivity index (χ1v) is 6.17. The fraction of sp³-hybridized carbons (Fsp3) is 0.750. The molecule has 0 radical (unpaired) electrons. The van der Waals surface area contributed by atoms with Crippen LogP contribution in [0.3, 0.4) is 0 Å². The van der Waals surface area contributed by atoms with Gasteiger partial charge in [-0.3, -0.25) is 9.59 Å². The van der Waals surface area contributed by atoms with Crippen molar-refractivity contribution in [1.29, 1.82) is 5.26 Å². The van der Waals surface area contributed by atoms with E-state index >= 15 is 0 Å². The fourth-order valence-corrected chi connectivity index (χ4v) is 2.12. The minimum Gasteiger partial charge on any atom is -0.359 e. The summed E-state index contributed by atoms with van der Waals surface area (Å²) >= 11 is 0. The number of rotatable bonds is 4. The van der Waals surface area contributed by atoms with Crippen LogP contribution in [0.25, 0.3) is 0 Å². The van der Waals surface area contributed by atoms with E-state index in [9.17, 15) is 9.59 Å². The number of carbonyl (C=O) groups excluding carboxylic acids is 2. The summed E-state index contributed by atoms with van der Waals surface area (Å²) in [6.45, 7) is 2.35. The van der Waals surface area contributed by atoms with Gasteiger partial charge in [0, 0.05) is 20.0 Å². The van der Waals surface area contributed by atoms with Gasteiger partial charge in [-0.05, 0) is 18.8 Å². The minimum absolute atomic E-state index is 0.135. The molecule has 0 aromatic heterocycles. The lowest BCUT2D eigenvalue weighted by atomic mass is 9.97. The van der Waals surface area contributed by atoms with Crippen molar-refractivity contribution in [3.05, 3.63) is 0 Å². The SMILES string of the molecule is CNC(=O)C[C@H](C)[C@H](N)C(=O)N1CCCC1C#N. The molecular formula is C12H20N4O2. The van der Waals surface area contributed by atoms with Gasteiger partial charge in [0.2, 0.25) is 11.8 Å². The van der Waals surface area contributed by atoms with Crippen LogP contribution in [0.1, 0.15) is 26.2 Å². The van der Waals surface area contributed by atoms with Crippen molar-refractivity contribution in [2.75, 3.05) is 13.6 Å². The van der Waals surface area contributed by atoms with Crippen LogP contribution in [0.4, 0.5) is 0 Å². The number of nitrogens with one attached hydrogen (secondary N) is 1. The molecule has 1 aliphatic rings. The maximum Gasteiger partial charge on any atom is 0.240 e. The average molecular weight is 252 g/mol. The predicted octanol–water partition coefficient (Wildman–Crippen LogP) is -0.400. The molecule has 0 aliphatic carbocycles. The minimum atomic E-state index is -0.726. The Balaban J connectivity index is 2.60. The summed E-state index contributed by atoms with van der Waals surface area (Å²) in [6, 6.07) is 1.02. The largest absolute Gasteiger partial charge is 0.359 e. The van der Waals surface area contributed by atoms with Crippen LogP contribution in [-0.2, 0) is 9.59 Å². The highest BCUT2D eigenvalue weighted by Crippen LogP contribution is 2.19. The zero-order chi connectivity index (χ0) is 13.7. The molecule has 1 heterocycles. The van der Waals surface area contributed by atoms with Crippen molar-refractivity contribution >= 4 is 11.8 Å². The number of hydrogen-bond acceptors (Lipinski definition) is 4.